The molecule has 5 rings (SSSR count). The summed E-state index contributed by atoms with van der Waals surface area (Å²) in [5.74, 6) is 0.814. The molecule has 35 heavy (non-hydrogen) atoms. The summed E-state index contributed by atoms with van der Waals surface area (Å²) in [6.07, 6.45) is 5.20. The van der Waals surface area contributed by atoms with Crippen LogP contribution < -0.4 is 19.9 Å². The fourth-order valence-corrected chi connectivity index (χ4v) is 5.59. The van der Waals surface area contributed by atoms with Gasteiger partial charge in [-0.1, -0.05) is 11.3 Å². The number of nitrogens with zero attached hydrogens (tertiary/aromatic N) is 6. The van der Waals surface area contributed by atoms with Crippen molar-refractivity contribution in [2.45, 2.75) is 19.3 Å². The van der Waals surface area contributed by atoms with Crippen molar-refractivity contribution in [1.29, 1.82) is 0 Å². The summed E-state index contributed by atoms with van der Waals surface area (Å²) in [5.41, 5.74) is 1.84. The van der Waals surface area contributed by atoms with E-state index in [1.807, 2.05) is 35.0 Å². The van der Waals surface area contributed by atoms with E-state index in [0.29, 0.717) is 12.2 Å². The number of carbonyl (C=O) groups excluding carboxylic acids is 1. The second-order valence-electron chi connectivity index (χ2n) is 8.96. The highest BCUT2D eigenvalue weighted by molar-refractivity contribution is 7.17. The molecule has 3 aromatic rings. The SMILES string of the molecule is COc1ccc(N2CCN(CCCNC(=O)c3cccn3-c3nnc(N4CCCC4)s3)CC2)cc1. The normalized spacial score (nSPS) is 16.6. The highest BCUT2D eigenvalue weighted by atomic mass is 32.1. The van der Waals surface area contributed by atoms with E-state index < -0.39 is 0 Å². The molecule has 1 N–H and O–H groups in total. The van der Waals surface area contributed by atoms with E-state index in [1.165, 1.54) is 29.9 Å². The van der Waals surface area contributed by atoms with Crippen LogP contribution in [0.1, 0.15) is 29.8 Å². The van der Waals surface area contributed by atoms with Gasteiger partial charge in [-0.3, -0.25) is 14.3 Å². The van der Waals surface area contributed by atoms with E-state index >= 15 is 0 Å². The Morgan fingerprint density at radius 1 is 0.971 bits per heavy atom. The zero-order valence-corrected chi connectivity index (χ0v) is 21.0. The number of anilines is 2. The van der Waals surface area contributed by atoms with Crippen molar-refractivity contribution >= 4 is 28.1 Å². The molecule has 0 unspecified atom stereocenters. The summed E-state index contributed by atoms with van der Waals surface area (Å²) in [6, 6.07) is 12.0. The maximum atomic E-state index is 12.8. The molecule has 10 heteroatoms. The predicted molar refractivity (Wildman–Crippen MR) is 139 cm³/mol. The van der Waals surface area contributed by atoms with Gasteiger partial charge >= 0.3 is 0 Å². The second kappa shape index (κ2) is 11.1. The fourth-order valence-electron chi connectivity index (χ4n) is 4.69. The third-order valence-corrected chi connectivity index (χ3v) is 7.70. The second-order valence-corrected chi connectivity index (χ2v) is 9.90. The third-order valence-electron chi connectivity index (χ3n) is 6.71. The standard InChI is InChI=1S/C25H33N7O2S/c1-34-21-9-7-20(8-10-21)30-18-16-29(17-19-30)12-5-11-26-23(33)22-6-4-15-32(22)25-28-27-24(35-25)31-13-2-3-14-31/h4,6-10,15H,2-3,5,11-14,16-19H2,1H3,(H,26,33). The number of methoxy groups -OCH3 is 1. The first-order valence-electron chi connectivity index (χ1n) is 12.4. The molecule has 0 spiro atoms. The average molecular weight is 496 g/mol. The highest BCUT2D eigenvalue weighted by Gasteiger charge is 2.20. The van der Waals surface area contributed by atoms with Crippen molar-refractivity contribution in [3.63, 3.8) is 0 Å². The molecule has 1 amide bonds. The Morgan fingerprint density at radius 3 is 2.46 bits per heavy atom. The molecule has 4 heterocycles. The number of ether oxygens (including phenoxy) is 1. The highest BCUT2D eigenvalue weighted by Crippen LogP contribution is 2.27. The van der Waals surface area contributed by atoms with Crippen molar-refractivity contribution in [1.82, 2.24) is 25.0 Å². The molecular weight excluding hydrogens is 462 g/mol. The Morgan fingerprint density at radius 2 is 1.71 bits per heavy atom. The molecule has 0 radical (unpaired) electrons. The number of carbonyl (C=O) groups is 1. The van der Waals surface area contributed by atoms with Crippen LogP contribution in [0, 0.1) is 0 Å². The number of nitrogens with one attached hydrogen (secondary N) is 1. The van der Waals surface area contributed by atoms with Gasteiger partial charge in [0.25, 0.3) is 5.91 Å². The average Bonchev–Trinajstić information content (AvgIpc) is 3.68. The topological polar surface area (TPSA) is 78.8 Å². The van der Waals surface area contributed by atoms with Gasteiger partial charge in [-0.15, -0.1) is 10.2 Å². The molecule has 2 saturated heterocycles. The lowest BCUT2D eigenvalue weighted by Crippen LogP contribution is -2.47. The van der Waals surface area contributed by atoms with E-state index in [-0.39, 0.29) is 5.91 Å². The van der Waals surface area contributed by atoms with Crippen molar-refractivity contribution < 1.29 is 9.53 Å². The molecule has 0 atom stereocenters. The third kappa shape index (κ3) is 5.59. The van der Waals surface area contributed by atoms with E-state index in [2.05, 4.69) is 42.3 Å². The van der Waals surface area contributed by atoms with Crippen LogP contribution >= 0.6 is 11.3 Å². The van der Waals surface area contributed by atoms with Crippen LogP contribution in [0.25, 0.3) is 5.13 Å². The number of rotatable bonds is 9. The number of benzene rings is 1. The fraction of sp³-hybridized carbons (Fsp3) is 0.480. The summed E-state index contributed by atoms with van der Waals surface area (Å²) in [6.45, 7) is 7.76. The van der Waals surface area contributed by atoms with E-state index in [0.717, 1.165) is 68.2 Å². The zero-order valence-electron chi connectivity index (χ0n) is 20.2. The summed E-state index contributed by atoms with van der Waals surface area (Å²) < 4.78 is 7.09. The molecule has 0 bridgehead atoms. The Balaban J connectivity index is 1.06. The molecule has 9 nitrogen and oxygen atoms in total. The summed E-state index contributed by atoms with van der Waals surface area (Å²) >= 11 is 1.54. The number of amides is 1. The number of hydrogen-bond donors (Lipinski definition) is 1. The first kappa shape index (κ1) is 23.6. The van der Waals surface area contributed by atoms with Crippen molar-refractivity contribution in [2.75, 3.05) is 69.3 Å². The first-order valence-corrected chi connectivity index (χ1v) is 13.2. The molecular formula is C25H33N7O2S. The molecule has 186 valence electrons. The van der Waals surface area contributed by atoms with Crippen molar-refractivity contribution in [3.8, 4) is 10.9 Å². The Labute approximate surface area is 210 Å². The Bertz CT molecular complexity index is 1100. The van der Waals surface area contributed by atoms with Crippen LogP contribution in [-0.4, -0.2) is 85.0 Å². The number of hydrogen-bond acceptors (Lipinski definition) is 8. The zero-order chi connectivity index (χ0) is 24.0. The van der Waals surface area contributed by atoms with Gasteiger partial charge in [-0.2, -0.15) is 0 Å². The molecule has 2 fully saturated rings. The lowest BCUT2D eigenvalue weighted by Gasteiger charge is -2.36. The minimum atomic E-state index is -0.0720. The number of aromatic nitrogens is 3. The first-order chi connectivity index (χ1) is 17.2. The lowest BCUT2D eigenvalue weighted by molar-refractivity contribution is 0.0944. The summed E-state index contributed by atoms with van der Waals surface area (Å²) in [4.78, 5) is 20.0. The minimum absolute atomic E-state index is 0.0720. The van der Waals surface area contributed by atoms with Crippen LogP contribution in [0.3, 0.4) is 0 Å². The maximum Gasteiger partial charge on any atom is 0.268 e. The van der Waals surface area contributed by atoms with Crippen molar-refractivity contribution in [3.05, 3.63) is 48.3 Å². The van der Waals surface area contributed by atoms with Gasteiger partial charge in [0.15, 0.2) is 0 Å². The van der Waals surface area contributed by atoms with Crippen LogP contribution in [0.5, 0.6) is 5.75 Å². The van der Waals surface area contributed by atoms with Gasteiger partial charge in [-0.05, 0) is 62.2 Å². The lowest BCUT2D eigenvalue weighted by atomic mass is 10.2. The van der Waals surface area contributed by atoms with Gasteiger partial charge in [0, 0.05) is 57.7 Å². The van der Waals surface area contributed by atoms with E-state index in [9.17, 15) is 4.79 Å². The van der Waals surface area contributed by atoms with Crippen LogP contribution in [0.2, 0.25) is 0 Å². The van der Waals surface area contributed by atoms with Crippen LogP contribution in [0.15, 0.2) is 42.6 Å². The monoisotopic (exact) mass is 495 g/mol. The van der Waals surface area contributed by atoms with E-state index in [1.54, 1.807) is 7.11 Å². The largest absolute Gasteiger partial charge is 0.497 e. The molecule has 1 aromatic carbocycles. The van der Waals surface area contributed by atoms with Gasteiger partial charge in [-0.25, -0.2) is 0 Å². The Hall–Kier alpha value is -3.11. The molecule has 0 aliphatic carbocycles. The quantitative estimate of drug-likeness (QED) is 0.458. The number of piperazine rings is 1. The van der Waals surface area contributed by atoms with Crippen molar-refractivity contribution in [2.24, 2.45) is 0 Å². The molecule has 2 aliphatic heterocycles. The molecule has 2 aromatic heterocycles. The summed E-state index contributed by atoms with van der Waals surface area (Å²) in [5, 5.41) is 13.4. The summed E-state index contributed by atoms with van der Waals surface area (Å²) in [7, 11) is 1.69. The Kier molecular flexibility index (Phi) is 7.48. The molecule has 0 saturated carbocycles. The van der Waals surface area contributed by atoms with Crippen LogP contribution in [0.4, 0.5) is 10.8 Å². The molecule has 2 aliphatic rings. The maximum absolute atomic E-state index is 12.8. The smallest absolute Gasteiger partial charge is 0.268 e. The van der Waals surface area contributed by atoms with Gasteiger partial charge < -0.3 is 19.9 Å². The van der Waals surface area contributed by atoms with Gasteiger partial charge in [0.1, 0.15) is 11.4 Å². The van der Waals surface area contributed by atoms with Gasteiger partial charge in [0.2, 0.25) is 10.3 Å². The van der Waals surface area contributed by atoms with Gasteiger partial charge in [0.05, 0.1) is 7.11 Å². The van der Waals surface area contributed by atoms with Crippen LogP contribution in [-0.2, 0) is 0 Å². The predicted octanol–water partition coefficient (Wildman–Crippen LogP) is 2.88. The minimum Gasteiger partial charge on any atom is -0.497 e. The van der Waals surface area contributed by atoms with E-state index in [4.69, 9.17) is 4.74 Å².